The number of aliphatic hydroxyl groups is 1. The van der Waals surface area contributed by atoms with Crippen LogP contribution in [-0.4, -0.2) is 60.7 Å². The lowest BCUT2D eigenvalue weighted by Gasteiger charge is -2.29. The number of β-amino-alcohol motifs (C(OH)–C–C–N with tert-alkyl or cyclic N) is 1. The Morgan fingerprint density at radius 1 is 1.12 bits per heavy atom. The molecule has 0 bridgehead atoms. The summed E-state index contributed by atoms with van der Waals surface area (Å²) in [7, 11) is -2.86. The smallest absolute Gasteiger partial charge is 0.303 e. The normalized spacial score (nSPS) is 13.2. The molecule has 0 spiro atoms. The van der Waals surface area contributed by atoms with E-state index in [1.807, 2.05) is 32.0 Å². The largest absolute Gasteiger partial charge is 0.481 e. The number of aliphatic hydroxyl groups excluding tert-OH is 1. The first kappa shape index (κ1) is 27.9. The summed E-state index contributed by atoms with van der Waals surface area (Å²) in [6.45, 7) is 4.06. The van der Waals surface area contributed by atoms with Crippen LogP contribution in [0.1, 0.15) is 44.2 Å². The van der Waals surface area contributed by atoms with Crippen molar-refractivity contribution in [2.24, 2.45) is 0 Å². The van der Waals surface area contributed by atoms with Gasteiger partial charge in [0.05, 0.1) is 6.10 Å². The van der Waals surface area contributed by atoms with Gasteiger partial charge in [0, 0.05) is 32.1 Å². The SMILES string of the molecule is CN(CC(O)CNC(C)(C)CCCc1ccccc1)S(=O)(=O)c1ccc(CCC(=O)O)cc1F. The van der Waals surface area contributed by atoms with E-state index in [1.54, 1.807) is 0 Å². The van der Waals surface area contributed by atoms with Crippen molar-refractivity contribution in [3.05, 3.63) is 65.5 Å². The summed E-state index contributed by atoms with van der Waals surface area (Å²) in [6.07, 6.45) is 1.75. The number of aryl methyl sites for hydroxylation is 2. The number of nitrogens with zero attached hydrogens (tertiary/aromatic N) is 1. The number of halogens is 1. The molecule has 1 unspecified atom stereocenters. The Balaban J connectivity index is 1.87. The van der Waals surface area contributed by atoms with Gasteiger partial charge in [0.25, 0.3) is 0 Å². The Kier molecular flexibility index (Phi) is 10.2. The molecule has 3 N–H and O–H groups in total. The molecule has 1 atom stereocenters. The molecule has 188 valence electrons. The molecule has 2 aromatic rings. The summed E-state index contributed by atoms with van der Waals surface area (Å²) in [5.74, 6) is -1.96. The Labute approximate surface area is 201 Å². The summed E-state index contributed by atoms with van der Waals surface area (Å²) in [5.41, 5.74) is 1.43. The summed E-state index contributed by atoms with van der Waals surface area (Å²) in [5, 5.41) is 22.4. The average Bonchev–Trinajstić information content (AvgIpc) is 2.77. The number of sulfonamides is 1. The topological polar surface area (TPSA) is 107 Å². The summed E-state index contributed by atoms with van der Waals surface area (Å²) < 4.78 is 41.0. The molecule has 7 nitrogen and oxygen atoms in total. The van der Waals surface area contributed by atoms with Crippen molar-refractivity contribution in [1.29, 1.82) is 0 Å². The number of hydrogen-bond donors (Lipinski definition) is 3. The molecule has 0 aromatic heterocycles. The van der Waals surface area contributed by atoms with Crippen molar-refractivity contribution in [2.45, 2.75) is 62.5 Å². The van der Waals surface area contributed by atoms with Gasteiger partial charge in [-0.15, -0.1) is 0 Å². The van der Waals surface area contributed by atoms with Gasteiger partial charge in [-0.3, -0.25) is 4.79 Å². The van der Waals surface area contributed by atoms with E-state index in [9.17, 15) is 22.7 Å². The van der Waals surface area contributed by atoms with Crippen molar-refractivity contribution in [2.75, 3.05) is 20.1 Å². The third-order valence-electron chi connectivity index (χ3n) is 5.71. The maximum atomic E-state index is 14.5. The zero-order valence-corrected chi connectivity index (χ0v) is 20.8. The van der Waals surface area contributed by atoms with Gasteiger partial charge in [-0.05, 0) is 62.8 Å². The second-order valence-corrected chi connectivity index (χ2v) is 11.2. The number of rotatable bonds is 14. The monoisotopic (exact) mass is 494 g/mol. The van der Waals surface area contributed by atoms with Gasteiger partial charge < -0.3 is 15.5 Å². The van der Waals surface area contributed by atoms with Crippen molar-refractivity contribution >= 4 is 16.0 Å². The van der Waals surface area contributed by atoms with Crippen LogP contribution in [0.3, 0.4) is 0 Å². The molecule has 0 saturated heterocycles. The summed E-state index contributed by atoms with van der Waals surface area (Å²) in [4.78, 5) is 10.2. The number of nitrogens with one attached hydrogen (secondary N) is 1. The number of carboxylic acid groups (broad SMARTS) is 1. The van der Waals surface area contributed by atoms with Gasteiger partial charge in [-0.2, -0.15) is 4.31 Å². The molecular weight excluding hydrogens is 459 g/mol. The first-order valence-corrected chi connectivity index (χ1v) is 12.8. The maximum absolute atomic E-state index is 14.5. The van der Waals surface area contributed by atoms with Crippen LogP contribution in [0.5, 0.6) is 0 Å². The number of benzene rings is 2. The zero-order valence-electron chi connectivity index (χ0n) is 20.0. The first-order chi connectivity index (χ1) is 15.9. The van der Waals surface area contributed by atoms with Crippen LogP contribution in [-0.2, 0) is 27.7 Å². The van der Waals surface area contributed by atoms with E-state index in [4.69, 9.17) is 5.11 Å². The van der Waals surface area contributed by atoms with Crippen molar-refractivity contribution < 1.29 is 27.8 Å². The second kappa shape index (κ2) is 12.4. The lowest BCUT2D eigenvalue weighted by Crippen LogP contribution is -2.46. The van der Waals surface area contributed by atoms with Crippen LogP contribution in [0, 0.1) is 5.82 Å². The van der Waals surface area contributed by atoms with Gasteiger partial charge in [-0.1, -0.05) is 36.4 Å². The molecule has 2 aromatic carbocycles. The lowest BCUT2D eigenvalue weighted by molar-refractivity contribution is -0.136. The molecule has 0 heterocycles. The minimum atomic E-state index is -4.16. The quantitative estimate of drug-likeness (QED) is 0.372. The fraction of sp³-hybridized carbons (Fsp3) is 0.480. The van der Waals surface area contributed by atoms with Crippen LogP contribution < -0.4 is 5.32 Å². The number of hydrogen-bond acceptors (Lipinski definition) is 5. The summed E-state index contributed by atoms with van der Waals surface area (Å²) >= 11 is 0. The van der Waals surface area contributed by atoms with Crippen LogP contribution >= 0.6 is 0 Å². The average molecular weight is 495 g/mol. The molecule has 9 heteroatoms. The predicted octanol–water partition coefficient (Wildman–Crippen LogP) is 3.22. The Hall–Kier alpha value is -2.33. The third-order valence-corrected chi connectivity index (χ3v) is 7.56. The molecule has 34 heavy (non-hydrogen) atoms. The highest BCUT2D eigenvalue weighted by Gasteiger charge is 2.27. The van der Waals surface area contributed by atoms with E-state index in [1.165, 1.54) is 18.7 Å². The van der Waals surface area contributed by atoms with Gasteiger partial charge in [-0.25, -0.2) is 12.8 Å². The zero-order chi connectivity index (χ0) is 25.4. The van der Waals surface area contributed by atoms with Crippen LogP contribution in [0.15, 0.2) is 53.4 Å². The van der Waals surface area contributed by atoms with Crippen LogP contribution in [0.25, 0.3) is 0 Å². The van der Waals surface area contributed by atoms with Gasteiger partial charge >= 0.3 is 5.97 Å². The number of carbonyl (C=O) groups is 1. The van der Waals surface area contributed by atoms with Crippen LogP contribution in [0.2, 0.25) is 0 Å². The van der Waals surface area contributed by atoms with Gasteiger partial charge in [0.1, 0.15) is 10.7 Å². The standard InChI is InChI=1S/C25H35FN2O5S/c1-25(2,15-7-10-19-8-5-4-6-9-19)27-17-21(29)18-28(3)34(32,33)23-13-11-20(16-22(23)26)12-14-24(30)31/h4-6,8-9,11,13,16,21,27,29H,7,10,12,14-15,17-18H2,1-3H3,(H,30,31). The first-order valence-electron chi connectivity index (χ1n) is 11.3. The maximum Gasteiger partial charge on any atom is 0.303 e. The van der Waals surface area contributed by atoms with E-state index >= 15 is 0 Å². The highest BCUT2D eigenvalue weighted by Crippen LogP contribution is 2.21. The van der Waals surface area contributed by atoms with E-state index in [-0.39, 0.29) is 31.5 Å². The predicted molar refractivity (Wildman–Crippen MR) is 130 cm³/mol. The van der Waals surface area contributed by atoms with Crippen molar-refractivity contribution in [1.82, 2.24) is 9.62 Å². The highest BCUT2D eigenvalue weighted by molar-refractivity contribution is 7.89. The fourth-order valence-corrected chi connectivity index (χ4v) is 4.90. The third kappa shape index (κ3) is 8.79. The molecule has 0 aliphatic rings. The minimum Gasteiger partial charge on any atom is -0.481 e. The fourth-order valence-electron chi connectivity index (χ4n) is 3.65. The molecule has 0 aliphatic carbocycles. The minimum absolute atomic E-state index is 0.105. The molecule has 2 rings (SSSR count). The molecule has 0 aliphatic heterocycles. The highest BCUT2D eigenvalue weighted by atomic mass is 32.2. The van der Waals surface area contributed by atoms with E-state index in [0.29, 0.717) is 5.56 Å². The lowest BCUT2D eigenvalue weighted by atomic mass is 9.95. The molecular formula is C25H35FN2O5S. The molecule has 0 saturated carbocycles. The van der Waals surface area contributed by atoms with E-state index in [0.717, 1.165) is 35.7 Å². The molecule has 0 radical (unpaired) electrons. The Bertz CT molecular complexity index is 1040. The number of aliphatic carboxylic acids is 1. The summed E-state index contributed by atoms with van der Waals surface area (Å²) in [6, 6.07) is 13.8. The van der Waals surface area contributed by atoms with Crippen molar-refractivity contribution in [3.8, 4) is 0 Å². The number of carboxylic acids is 1. The second-order valence-electron chi connectivity index (χ2n) is 9.20. The van der Waals surface area contributed by atoms with Crippen molar-refractivity contribution in [3.63, 3.8) is 0 Å². The van der Waals surface area contributed by atoms with Gasteiger partial charge in [0.15, 0.2) is 0 Å². The van der Waals surface area contributed by atoms with E-state index < -0.39 is 32.8 Å². The van der Waals surface area contributed by atoms with E-state index in [2.05, 4.69) is 17.4 Å². The molecule has 0 amide bonds. The van der Waals surface area contributed by atoms with Gasteiger partial charge in [0.2, 0.25) is 10.0 Å². The van der Waals surface area contributed by atoms with Crippen LogP contribution in [0.4, 0.5) is 4.39 Å². The molecule has 0 fully saturated rings. The Morgan fingerprint density at radius 2 is 1.79 bits per heavy atom. The number of likely N-dealkylation sites (N-methyl/N-ethyl adjacent to an activating group) is 1. The Morgan fingerprint density at radius 3 is 2.41 bits per heavy atom.